The van der Waals surface area contributed by atoms with Crippen LogP contribution in [0.1, 0.15) is 165 Å². The van der Waals surface area contributed by atoms with Gasteiger partial charge in [0.2, 0.25) is 17.8 Å². The van der Waals surface area contributed by atoms with E-state index in [4.69, 9.17) is 15.2 Å². The Morgan fingerprint density at radius 1 is 0.819 bits per heavy atom. The Balaban J connectivity index is 1.57. The smallest absolute Gasteiger partial charge is 0.326 e. The van der Waals surface area contributed by atoms with Crippen molar-refractivity contribution >= 4 is 45.3 Å². The molecule has 1 aliphatic heterocycles. The summed E-state index contributed by atoms with van der Waals surface area (Å²) in [5.41, 5.74) is 11.2. The Bertz CT molecular complexity index is 2530. The maximum atomic E-state index is 14.5. The van der Waals surface area contributed by atoms with E-state index in [9.17, 15) is 37.5 Å². The van der Waals surface area contributed by atoms with Gasteiger partial charge in [0.1, 0.15) is 23.4 Å². The number of nitrogens with two attached hydrogens (primary N) is 1. The summed E-state index contributed by atoms with van der Waals surface area (Å²) in [7, 11) is -4.18. The van der Waals surface area contributed by atoms with E-state index in [-0.39, 0.29) is 55.3 Å². The van der Waals surface area contributed by atoms with E-state index in [1.165, 1.54) is 12.5 Å². The van der Waals surface area contributed by atoms with Crippen LogP contribution >= 0.6 is 0 Å². The van der Waals surface area contributed by atoms with Crippen molar-refractivity contribution in [1.82, 2.24) is 15.4 Å². The molecule has 1 heterocycles. The fourth-order valence-electron chi connectivity index (χ4n) is 9.21. The third-order valence-corrected chi connectivity index (χ3v) is 14.9. The van der Waals surface area contributed by atoms with Crippen LogP contribution in [0.4, 0.5) is 0 Å². The molecule has 0 saturated heterocycles. The molecule has 0 radical (unpaired) electrons. The standard InChI is InChI=1S/C56H81N5O10S/c1-13-15-17-21-45(53(66)67)59-51(64)34(3)31-47(63)48(38(7)70-55(8,9)10)60-52(65)43(32-46(62)42-28-26-41(27-29-42)40-24-22-39(23-25-40)19-16-14-2)20-18-30-58-54(57)61-72(68,69)50-36(5)35(4)49-44(37(50)6)33-56(11,12)71-49/h22-29,34,38,43,45,48H,13-21,30-33H2,1-12H3,(H,59,64)(H,60,65)(H,66,67)(H3,57,58,61)/t34-,38?,43-,45+,48+/m1/s1. The molecule has 4 rings (SSSR count). The summed E-state index contributed by atoms with van der Waals surface area (Å²) in [5, 5.41) is 15.2. The number of aryl methyl sites for hydroxylation is 1. The largest absolute Gasteiger partial charge is 0.487 e. The van der Waals surface area contributed by atoms with Gasteiger partial charge in [0.15, 0.2) is 11.6 Å². The van der Waals surface area contributed by atoms with Crippen molar-refractivity contribution in [3.8, 4) is 16.9 Å². The second-order valence-corrected chi connectivity index (χ2v) is 22.8. The summed E-state index contributed by atoms with van der Waals surface area (Å²) in [6.07, 6.45) is 5.18. The number of unbranched alkanes of at least 4 members (excludes halogenated alkanes) is 3. The molecule has 0 aromatic heterocycles. The molecule has 16 heteroatoms. The monoisotopic (exact) mass is 1020 g/mol. The number of carboxylic acid groups (broad SMARTS) is 1. The van der Waals surface area contributed by atoms with Crippen LogP contribution in [0, 0.1) is 32.6 Å². The van der Waals surface area contributed by atoms with E-state index in [0.29, 0.717) is 35.3 Å². The number of nitrogens with zero attached hydrogens (tertiary/aromatic N) is 1. The van der Waals surface area contributed by atoms with E-state index in [1.807, 2.05) is 39.8 Å². The molecular weight excluding hydrogens is 935 g/mol. The fourth-order valence-corrected chi connectivity index (χ4v) is 10.7. The Labute approximate surface area is 428 Å². The lowest BCUT2D eigenvalue weighted by molar-refractivity contribution is -0.143. The SMILES string of the molecule is CCCCC[C@H](NC(=O)[C@H](C)CC(=O)[C@@H](NC(=O)[C@H](CCCN=C(N)NS(=O)(=O)c1c(C)c(C)c2c(c1C)CC(C)(C)O2)CC(=O)c1ccc(-c2ccc(CCCC)cc2)cc1)C(C)OC(C)(C)C)C(=O)O. The Hall–Kier alpha value is -5.61. The van der Waals surface area contributed by atoms with E-state index in [1.54, 1.807) is 53.7 Å². The Kier molecular flexibility index (Phi) is 21.2. The lowest BCUT2D eigenvalue weighted by atomic mass is 9.91. The molecule has 6 N–H and O–H groups in total. The molecule has 15 nitrogen and oxygen atoms in total. The first-order chi connectivity index (χ1) is 33.7. The summed E-state index contributed by atoms with van der Waals surface area (Å²) in [4.78, 5) is 72.4. The van der Waals surface area contributed by atoms with Gasteiger partial charge in [-0.05, 0) is 128 Å². The molecule has 0 fully saturated rings. The predicted molar refractivity (Wildman–Crippen MR) is 283 cm³/mol. The molecule has 0 spiro atoms. The molecule has 3 aromatic rings. The van der Waals surface area contributed by atoms with Gasteiger partial charge in [-0.1, -0.05) is 95.0 Å². The number of hydrogen-bond donors (Lipinski definition) is 5. The zero-order valence-corrected chi connectivity index (χ0v) is 45.6. The molecule has 3 aromatic carbocycles. The molecule has 72 heavy (non-hydrogen) atoms. The van der Waals surface area contributed by atoms with Gasteiger partial charge in [-0.3, -0.25) is 24.2 Å². The zero-order valence-electron chi connectivity index (χ0n) is 44.8. The molecule has 396 valence electrons. The molecule has 1 unspecified atom stereocenters. The summed E-state index contributed by atoms with van der Waals surface area (Å²) >= 11 is 0. The van der Waals surface area contributed by atoms with Crippen LogP contribution in [-0.4, -0.2) is 84.8 Å². The number of carbonyl (C=O) groups is 5. The van der Waals surface area contributed by atoms with Crippen LogP contribution in [0.25, 0.3) is 11.1 Å². The van der Waals surface area contributed by atoms with E-state index in [2.05, 4.69) is 51.5 Å². The number of carboxylic acids is 1. The first kappa shape index (κ1) is 59.0. The lowest BCUT2D eigenvalue weighted by Crippen LogP contribution is -2.53. The number of ketones is 2. The Morgan fingerprint density at radius 2 is 1.43 bits per heavy atom. The first-order valence-corrected chi connectivity index (χ1v) is 27.1. The number of guanidine groups is 1. The minimum atomic E-state index is -4.18. The van der Waals surface area contributed by atoms with Crippen molar-refractivity contribution < 1.29 is 47.0 Å². The summed E-state index contributed by atoms with van der Waals surface area (Å²) in [6, 6.07) is 13.2. The lowest BCUT2D eigenvalue weighted by Gasteiger charge is -2.32. The van der Waals surface area contributed by atoms with Gasteiger partial charge in [0.05, 0.1) is 16.6 Å². The molecule has 0 aliphatic carbocycles. The van der Waals surface area contributed by atoms with Crippen molar-refractivity contribution in [2.24, 2.45) is 22.6 Å². The minimum absolute atomic E-state index is 0.00420. The zero-order chi connectivity index (χ0) is 53.7. The summed E-state index contributed by atoms with van der Waals surface area (Å²) < 4.78 is 42.5. The highest BCUT2D eigenvalue weighted by molar-refractivity contribution is 7.90. The summed E-state index contributed by atoms with van der Waals surface area (Å²) in [6.45, 7) is 22.0. The van der Waals surface area contributed by atoms with Gasteiger partial charge < -0.3 is 30.9 Å². The fraction of sp³-hybridized carbons (Fsp3) is 0.571. The first-order valence-electron chi connectivity index (χ1n) is 25.6. The van der Waals surface area contributed by atoms with E-state index in [0.717, 1.165) is 54.4 Å². The maximum Gasteiger partial charge on any atom is 0.326 e. The molecule has 5 atom stereocenters. The third-order valence-electron chi connectivity index (χ3n) is 13.2. The van der Waals surface area contributed by atoms with Gasteiger partial charge in [-0.15, -0.1) is 0 Å². The average molecular weight is 1020 g/mol. The number of ether oxygens (including phenoxy) is 2. The van der Waals surface area contributed by atoms with Gasteiger partial charge >= 0.3 is 5.97 Å². The second-order valence-electron chi connectivity index (χ2n) is 21.2. The van der Waals surface area contributed by atoms with Crippen molar-refractivity contribution in [2.45, 2.75) is 194 Å². The number of benzene rings is 3. The van der Waals surface area contributed by atoms with Crippen LogP contribution in [0.3, 0.4) is 0 Å². The molecule has 1 aliphatic rings. The van der Waals surface area contributed by atoms with Gasteiger partial charge in [0, 0.05) is 48.8 Å². The number of sulfonamides is 1. The maximum absolute atomic E-state index is 14.5. The van der Waals surface area contributed by atoms with E-state index >= 15 is 0 Å². The molecular formula is C56H81N5O10S. The number of carbonyl (C=O) groups excluding carboxylic acids is 4. The molecule has 0 bridgehead atoms. The number of nitrogens with one attached hydrogen (secondary N) is 3. The molecule has 2 amide bonds. The number of rotatable bonds is 27. The number of amides is 2. The van der Waals surface area contributed by atoms with Gasteiger partial charge in [0.25, 0.3) is 10.0 Å². The van der Waals surface area contributed by atoms with E-state index < -0.39 is 74.8 Å². The number of fused-ring (bicyclic) bond motifs is 1. The van der Waals surface area contributed by atoms with Crippen LogP contribution < -0.4 is 25.8 Å². The van der Waals surface area contributed by atoms with Gasteiger partial charge in [-0.25, -0.2) is 17.9 Å². The van der Waals surface area contributed by atoms with Crippen LogP contribution in [0.5, 0.6) is 5.75 Å². The highest BCUT2D eigenvalue weighted by atomic mass is 32.2. The highest BCUT2D eigenvalue weighted by Crippen LogP contribution is 2.43. The number of hydrogen-bond acceptors (Lipinski definition) is 10. The van der Waals surface area contributed by atoms with Crippen molar-refractivity contribution in [2.75, 3.05) is 6.54 Å². The number of aliphatic imine (C=N–C) groups is 1. The van der Waals surface area contributed by atoms with Crippen molar-refractivity contribution in [3.05, 3.63) is 81.9 Å². The van der Waals surface area contributed by atoms with Gasteiger partial charge in [-0.2, -0.15) is 0 Å². The summed E-state index contributed by atoms with van der Waals surface area (Å²) in [5.74, 6) is -4.76. The Morgan fingerprint density at radius 3 is 2.01 bits per heavy atom. The number of aliphatic carboxylic acids is 1. The quantitative estimate of drug-likeness (QED) is 0.0209. The predicted octanol–water partition coefficient (Wildman–Crippen LogP) is 9.03. The third kappa shape index (κ3) is 16.7. The topological polar surface area (TPSA) is 233 Å². The molecule has 0 saturated carbocycles. The second kappa shape index (κ2) is 25.9. The van der Waals surface area contributed by atoms with Crippen LogP contribution in [0.15, 0.2) is 58.4 Å². The normalized spacial score (nSPS) is 15.6. The minimum Gasteiger partial charge on any atom is -0.487 e. The average Bonchev–Trinajstić information content (AvgIpc) is 3.64. The number of Topliss-reactive ketones (excluding diaryl/α,β-unsaturated/α-hetero) is 2. The van der Waals surface area contributed by atoms with Crippen LogP contribution in [-0.2, 0) is 46.8 Å². The highest BCUT2D eigenvalue weighted by Gasteiger charge is 2.38. The van der Waals surface area contributed by atoms with Crippen molar-refractivity contribution in [3.63, 3.8) is 0 Å². The van der Waals surface area contributed by atoms with Crippen LogP contribution in [0.2, 0.25) is 0 Å². The van der Waals surface area contributed by atoms with Crippen molar-refractivity contribution in [1.29, 1.82) is 0 Å².